The van der Waals surface area contributed by atoms with Crippen molar-refractivity contribution in [3.8, 4) is 6.07 Å². The number of hydrogen-bond acceptors (Lipinski definition) is 5. The van der Waals surface area contributed by atoms with Crippen molar-refractivity contribution in [1.82, 2.24) is 10.3 Å². The Morgan fingerprint density at radius 1 is 1.30 bits per heavy atom. The predicted molar refractivity (Wildman–Crippen MR) is 121 cm³/mol. The smallest absolute Gasteiger partial charge is 0.224 e. The normalized spacial score (nSPS) is 20.2. The third-order valence-electron chi connectivity index (χ3n) is 5.80. The molecule has 6 nitrogen and oxygen atoms in total. The van der Waals surface area contributed by atoms with E-state index in [4.69, 9.17) is 11.0 Å². The summed E-state index contributed by atoms with van der Waals surface area (Å²) in [6.07, 6.45) is 5.86. The van der Waals surface area contributed by atoms with Crippen molar-refractivity contribution in [2.24, 2.45) is 5.92 Å². The Hall–Kier alpha value is -3.17. The second kappa shape index (κ2) is 9.55. The summed E-state index contributed by atoms with van der Waals surface area (Å²) in [5.74, 6) is 1.08. The van der Waals surface area contributed by atoms with Crippen molar-refractivity contribution in [2.45, 2.75) is 39.7 Å². The number of fused-ring (bicyclic) bond motifs is 1. The SMILES string of the molecule is CC(=O)N1c2ccc(C3=CCNCC3)cc2C[C@@H](C)[C@@H]1C.N#Cc1ccc(N)nc1. The molecule has 0 fully saturated rings. The zero-order valence-electron chi connectivity index (χ0n) is 17.9. The molecule has 2 atom stereocenters. The van der Waals surface area contributed by atoms with E-state index >= 15 is 0 Å². The third-order valence-corrected chi connectivity index (χ3v) is 5.80. The van der Waals surface area contributed by atoms with E-state index in [-0.39, 0.29) is 11.9 Å². The molecule has 0 spiro atoms. The van der Waals surface area contributed by atoms with E-state index in [1.165, 1.54) is 22.9 Å². The lowest BCUT2D eigenvalue weighted by Crippen LogP contribution is -2.45. The van der Waals surface area contributed by atoms with Crippen LogP contribution in [0.5, 0.6) is 0 Å². The quantitative estimate of drug-likeness (QED) is 0.759. The van der Waals surface area contributed by atoms with Crippen molar-refractivity contribution in [1.29, 1.82) is 5.26 Å². The number of carbonyl (C=O) groups is 1. The molecule has 3 heterocycles. The summed E-state index contributed by atoms with van der Waals surface area (Å²) in [6, 6.07) is 12.0. The van der Waals surface area contributed by atoms with Gasteiger partial charge in [0.25, 0.3) is 0 Å². The maximum absolute atomic E-state index is 12.0. The first-order valence-electron chi connectivity index (χ1n) is 10.3. The highest BCUT2D eigenvalue weighted by atomic mass is 16.2. The maximum Gasteiger partial charge on any atom is 0.224 e. The molecule has 3 N–H and O–H groups in total. The van der Waals surface area contributed by atoms with Crippen LogP contribution in [0.1, 0.15) is 43.9 Å². The van der Waals surface area contributed by atoms with Gasteiger partial charge >= 0.3 is 0 Å². The minimum atomic E-state index is 0.143. The molecule has 1 aromatic heterocycles. The summed E-state index contributed by atoms with van der Waals surface area (Å²) in [5, 5.41) is 11.7. The van der Waals surface area contributed by atoms with Crippen molar-refractivity contribution >= 4 is 23.0 Å². The Morgan fingerprint density at radius 3 is 2.70 bits per heavy atom. The van der Waals surface area contributed by atoms with Crippen LogP contribution in [0.25, 0.3) is 5.57 Å². The molecule has 30 heavy (non-hydrogen) atoms. The number of nitrogens with one attached hydrogen (secondary N) is 1. The number of nitrogens with zero attached hydrogens (tertiary/aromatic N) is 3. The summed E-state index contributed by atoms with van der Waals surface area (Å²) >= 11 is 0. The Bertz CT molecular complexity index is 974. The molecule has 1 aromatic carbocycles. The van der Waals surface area contributed by atoms with E-state index in [0.717, 1.165) is 31.6 Å². The molecule has 2 aliphatic rings. The van der Waals surface area contributed by atoms with Gasteiger partial charge < -0.3 is 16.0 Å². The van der Waals surface area contributed by atoms with Crippen molar-refractivity contribution in [2.75, 3.05) is 23.7 Å². The van der Waals surface area contributed by atoms with Gasteiger partial charge in [0.15, 0.2) is 0 Å². The average molecular weight is 404 g/mol. The fourth-order valence-corrected chi connectivity index (χ4v) is 3.99. The van der Waals surface area contributed by atoms with Gasteiger partial charge in [0.1, 0.15) is 11.9 Å². The standard InChI is InChI=1S/C18H24N2O.C6H5N3/c1-12-10-17-11-16(15-6-8-19-9-7-15)4-5-18(17)20(13(12)2)14(3)21;7-3-5-1-2-6(8)9-4-5/h4-6,11-13,19H,7-10H2,1-3H3;1-2,4H,(H2,8,9)/t12-,13+;/m1./s1. The lowest BCUT2D eigenvalue weighted by atomic mass is 9.85. The van der Waals surface area contributed by atoms with Crippen LogP contribution in [0.15, 0.2) is 42.6 Å². The molecule has 0 bridgehead atoms. The molecular formula is C24H29N5O. The van der Waals surface area contributed by atoms with Crippen LogP contribution in [0.3, 0.4) is 0 Å². The van der Waals surface area contributed by atoms with Crippen LogP contribution < -0.4 is 16.0 Å². The lowest BCUT2D eigenvalue weighted by molar-refractivity contribution is -0.117. The molecule has 0 unspecified atom stereocenters. The number of nitriles is 1. The molecule has 1 amide bonds. The second-order valence-corrected chi connectivity index (χ2v) is 7.92. The first kappa shape index (κ1) is 21.5. The zero-order valence-corrected chi connectivity index (χ0v) is 17.9. The molecule has 156 valence electrons. The van der Waals surface area contributed by atoms with E-state index in [1.807, 2.05) is 11.0 Å². The van der Waals surface area contributed by atoms with Crippen LogP contribution in [-0.2, 0) is 11.2 Å². The Kier molecular flexibility index (Phi) is 6.86. The van der Waals surface area contributed by atoms with Crippen LogP contribution >= 0.6 is 0 Å². The minimum Gasteiger partial charge on any atom is -0.384 e. The van der Waals surface area contributed by atoms with Crippen LogP contribution in [-0.4, -0.2) is 30.0 Å². The van der Waals surface area contributed by atoms with Gasteiger partial charge in [-0.1, -0.05) is 19.1 Å². The van der Waals surface area contributed by atoms with E-state index < -0.39 is 0 Å². The summed E-state index contributed by atoms with van der Waals surface area (Å²) in [4.78, 5) is 17.7. The summed E-state index contributed by atoms with van der Waals surface area (Å²) in [6.45, 7) is 8.06. The van der Waals surface area contributed by atoms with E-state index in [1.54, 1.807) is 19.1 Å². The summed E-state index contributed by atoms with van der Waals surface area (Å²) < 4.78 is 0. The Labute approximate surface area is 178 Å². The number of carbonyl (C=O) groups excluding carboxylic acids is 1. The molecule has 0 aliphatic carbocycles. The minimum absolute atomic E-state index is 0.143. The molecule has 0 saturated carbocycles. The Balaban J connectivity index is 0.000000239. The molecule has 2 aliphatic heterocycles. The van der Waals surface area contributed by atoms with Gasteiger partial charge in [0.05, 0.1) is 5.56 Å². The highest BCUT2D eigenvalue weighted by Crippen LogP contribution is 2.36. The maximum atomic E-state index is 12.0. The number of aromatic nitrogens is 1. The van der Waals surface area contributed by atoms with Crippen LogP contribution in [0, 0.1) is 17.2 Å². The number of pyridine rings is 1. The highest BCUT2D eigenvalue weighted by Gasteiger charge is 2.31. The summed E-state index contributed by atoms with van der Waals surface area (Å²) in [7, 11) is 0. The van der Waals surface area contributed by atoms with Crippen molar-refractivity contribution in [3.05, 3.63) is 59.3 Å². The molecule has 6 heteroatoms. The van der Waals surface area contributed by atoms with E-state index in [9.17, 15) is 4.79 Å². The monoisotopic (exact) mass is 403 g/mol. The van der Waals surface area contributed by atoms with Gasteiger partial charge in [-0.05, 0) is 73.2 Å². The lowest BCUT2D eigenvalue weighted by Gasteiger charge is -2.39. The van der Waals surface area contributed by atoms with Gasteiger partial charge in [-0.25, -0.2) is 4.98 Å². The number of hydrogen-bond donors (Lipinski definition) is 2. The van der Waals surface area contributed by atoms with Gasteiger partial charge in [-0.3, -0.25) is 4.79 Å². The predicted octanol–water partition coefficient (Wildman–Crippen LogP) is 3.53. The van der Waals surface area contributed by atoms with E-state index in [2.05, 4.69) is 48.4 Å². The van der Waals surface area contributed by atoms with Gasteiger partial charge in [0, 0.05) is 31.4 Å². The number of rotatable bonds is 1. The molecule has 0 radical (unpaired) electrons. The van der Waals surface area contributed by atoms with Gasteiger partial charge in [-0.2, -0.15) is 5.26 Å². The topological polar surface area (TPSA) is 95.0 Å². The number of benzene rings is 1. The largest absolute Gasteiger partial charge is 0.384 e. The number of nitrogen functional groups attached to an aromatic ring is 1. The van der Waals surface area contributed by atoms with E-state index in [0.29, 0.717) is 17.3 Å². The Morgan fingerprint density at radius 2 is 2.10 bits per heavy atom. The third kappa shape index (κ3) is 4.87. The fourth-order valence-electron chi connectivity index (χ4n) is 3.99. The molecule has 0 saturated heterocycles. The molecular weight excluding hydrogens is 374 g/mol. The second-order valence-electron chi connectivity index (χ2n) is 7.92. The average Bonchev–Trinajstić information content (AvgIpc) is 2.75. The first-order chi connectivity index (χ1) is 14.4. The van der Waals surface area contributed by atoms with Crippen LogP contribution in [0.2, 0.25) is 0 Å². The highest BCUT2D eigenvalue weighted by molar-refractivity contribution is 5.94. The van der Waals surface area contributed by atoms with Gasteiger partial charge in [-0.15, -0.1) is 0 Å². The molecule has 2 aromatic rings. The number of amides is 1. The van der Waals surface area contributed by atoms with Gasteiger partial charge in [0.2, 0.25) is 5.91 Å². The number of anilines is 2. The van der Waals surface area contributed by atoms with Crippen molar-refractivity contribution < 1.29 is 4.79 Å². The van der Waals surface area contributed by atoms with Crippen molar-refractivity contribution in [3.63, 3.8) is 0 Å². The zero-order chi connectivity index (χ0) is 21.7. The number of nitrogens with two attached hydrogens (primary N) is 1. The van der Waals surface area contributed by atoms with Crippen LogP contribution in [0.4, 0.5) is 11.5 Å². The molecule has 4 rings (SSSR count). The fraction of sp³-hybridized carbons (Fsp3) is 0.375. The first-order valence-corrected chi connectivity index (χ1v) is 10.3. The summed E-state index contributed by atoms with van der Waals surface area (Å²) in [5.41, 5.74) is 11.0.